The summed E-state index contributed by atoms with van der Waals surface area (Å²) in [4.78, 5) is 36.6. The summed E-state index contributed by atoms with van der Waals surface area (Å²) in [7, 11) is 1.31. The molecule has 3 heterocycles. The molecule has 8 heteroatoms. The number of methoxy groups -OCH3 is 1. The van der Waals surface area contributed by atoms with Gasteiger partial charge < -0.3 is 23.7 Å². The summed E-state index contributed by atoms with van der Waals surface area (Å²) in [5.74, 6) is -1.21. The molecule has 2 aliphatic rings. The zero-order valence-electron chi connectivity index (χ0n) is 18.2. The highest BCUT2D eigenvalue weighted by molar-refractivity contribution is 5.91. The van der Waals surface area contributed by atoms with Crippen molar-refractivity contribution in [3.05, 3.63) is 40.9 Å². The molecule has 31 heavy (non-hydrogen) atoms. The number of allylic oxidation sites excluding steroid dienone is 1. The highest BCUT2D eigenvalue weighted by atomic mass is 16.6. The van der Waals surface area contributed by atoms with Gasteiger partial charge >= 0.3 is 17.9 Å². The number of rotatable bonds is 3. The zero-order chi connectivity index (χ0) is 22.9. The monoisotopic (exact) mass is 432 g/mol. The van der Waals surface area contributed by atoms with Crippen LogP contribution in [0.15, 0.2) is 28.2 Å². The van der Waals surface area contributed by atoms with Crippen LogP contribution in [0.4, 0.5) is 0 Å². The first-order chi connectivity index (χ1) is 14.5. The second-order valence-electron chi connectivity index (χ2n) is 8.36. The van der Waals surface area contributed by atoms with E-state index in [1.165, 1.54) is 14.0 Å². The predicted octanol–water partition coefficient (Wildman–Crippen LogP) is 2.98. The van der Waals surface area contributed by atoms with Crippen LogP contribution in [0.3, 0.4) is 0 Å². The van der Waals surface area contributed by atoms with Gasteiger partial charge in [0.2, 0.25) is 5.60 Å². The number of hydrogen-bond donors (Lipinski definition) is 1. The van der Waals surface area contributed by atoms with Crippen molar-refractivity contribution in [1.82, 2.24) is 0 Å². The fourth-order valence-electron chi connectivity index (χ4n) is 4.19. The molecule has 0 amide bonds. The SMILES string of the molecule is C=C(C)[C@H]1CC[C@]2(O)C(=O)O[C@H](C/C(C)=C\c3cc(C(=O)OC)c(o3)C1)[C@H]2OC(C)=O. The lowest BCUT2D eigenvalue weighted by molar-refractivity contribution is -0.166. The third-order valence-electron chi connectivity index (χ3n) is 5.86. The van der Waals surface area contributed by atoms with Crippen molar-refractivity contribution in [3.63, 3.8) is 0 Å². The van der Waals surface area contributed by atoms with E-state index in [2.05, 4.69) is 6.58 Å². The van der Waals surface area contributed by atoms with Crippen LogP contribution >= 0.6 is 0 Å². The van der Waals surface area contributed by atoms with Crippen molar-refractivity contribution in [2.45, 2.75) is 64.3 Å². The Balaban J connectivity index is 2.08. The van der Waals surface area contributed by atoms with Gasteiger partial charge in [-0.05, 0) is 44.7 Å². The van der Waals surface area contributed by atoms with Crippen molar-refractivity contribution >= 4 is 24.0 Å². The maximum absolute atomic E-state index is 12.6. The van der Waals surface area contributed by atoms with Crippen LogP contribution in [-0.2, 0) is 30.2 Å². The number of furan rings is 1. The Morgan fingerprint density at radius 2 is 2.00 bits per heavy atom. The summed E-state index contributed by atoms with van der Waals surface area (Å²) >= 11 is 0. The van der Waals surface area contributed by atoms with Crippen molar-refractivity contribution < 1.29 is 38.1 Å². The van der Waals surface area contributed by atoms with Gasteiger partial charge in [0, 0.05) is 19.8 Å². The number of aliphatic hydroxyl groups is 1. The largest absolute Gasteiger partial charge is 0.465 e. The van der Waals surface area contributed by atoms with E-state index in [-0.39, 0.29) is 18.8 Å². The number of fused-ring (bicyclic) bond motifs is 4. The third-order valence-corrected chi connectivity index (χ3v) is 5.86. The second kappa shape index (κ2) is 8.70. The molecule has 4 atom stereocenters. The molecule has 168 valence electrons. The minimum atomic E-state index is -1.96. The molecule has 0 spiro atoms. The van der Waals surface area contributed by atoms with E-state index in [4.69, 9.17) is 18.6 Å². The molecule has 0 aromatic carbocycles. The number of ether oxygens (including phenoxy) is 3. The molecule has 1 aromatic rings. The van der Waals surface area contributed by atoms with E-state index in [0.29, 0.717) is 29.9 Å². The first-order valence-corrected chi connectivity index (χ1v) is 10.2. The Bertz CT molecular complexity index is 939. The molecule has 0 radical (unpaired) electrons. The van der Waals surface area contributed by atoms with Crippen LogP contribution in [0, 0.1) is 5.92 Å². The molecule has 8 nitrogen and oxygen atoms in total. The lowest BCUT2D eigenvalue weighted by Gasteiger charge is -2.28. The number of hydrogen-bond acceptors (Lipinski definition) is 8. The standard InChI is InChI=1S/C23H28O8/c1-12(2)15-6-7-23(27)20(29-14(4)24)19(31-22(23)26)9-13(3)8-16-11-17(21(25)28-5)18(10-15)30-16/h8,11,15,19-20,27H,1,6-7,9-10H2,2-5H3/b13-8-/t15-,19+,20+,23+/m0/s1. The summed E-state index contributed by atoms with van der Waals surface area (Å²) in [6.45, 7) is 8.87. The third kappa shape index (κ3) is 4.58. The van der Waals surface area contributed by atoms with Gasteiger partial charge in [0.25, 0.3) is 0 Å². The van der Waals surface area contributed by atoms with Crippen LogP contribution in [-0.4, -0.2) is 47.9 Å². The highest BCUT2D eigenvalue weighted by Gasteiger charge is 2.58. The van der Waals surface area contributed by atoms with Gasteiger partial charge in [0.1, 0.15) is 23.2 Å². The fraction of sp³-hybridized carbons (Fsp3) is 0.522. The van der Waals surface area contributed by atoms with Crippen LogP contribution in [0.5, 0.6) is 0 Å². The van der Waals surface area contributed by atoms with E-state index in [9.17, 15) is 19.5 Å². The van der Waals surface area contributed by atoms with E-state index in [1.54, 1.807) is 19.1 Å². The van der Waals surface area contributed by atoms with Gasteiger partial charge in [-0.25, -0.2) is 9.59 Å². The molecule has 0 saturated carbocycles. The summed E-state index contributed by atoms with van der Waals surface area (Å²) in [5, 5.41) is 11.2. The maximum atomic E-state index is 12.6. The molecule has 0 aliphatic carbocycles. The minimum absolute atomic E-state index is 0.00168. The van der Waals surface area contributed by atoms with E-state index in [1.807, 2.05) is 6.92 Å². The molecule has 0 unspecified atom stereocenters. The summed E-state index contributed by atoms with van der Waals surface area (Å²) in [5.41, 5.74) is -0.0777. The zero-order valence-corrected chi connectivity index (χ0v) is 18.2. The average Bonchev–Trinajstić information content (AvgIpc) is 3.17. The predicted molar refractivity (Wildman–Crippen MR) is 110 cm³/mol. The molecule has 1 aromatic heterocycles. The van der Waals surface area contributed by atoms with Crippen LogP contribution in [0.1, 0.15) is 61.9 Å². The molecule has 4 bridgehead atoms. The van der Waals surface area contributed by atoms with Crippen LogP contribution in [0.25, 0.3) is 6.08 Å². The first-order valence-electron chi connectivity index (χ1n) is 10.2. The van der Waals surface area contributed by atoms with Crippen LogP contribution < -0.4 is 0 Å². The van der Waals surface area contributed by atoms with Gasteiger partial charge in [0.05, 0.1) is 7.11 Å². The Hall–Kier alpha value is -2.87. The molecular formula is C23H28O8. The van der Waals surface area contributed by atoms with Gasteiger partial charge in [-0.2, -0.15) is 0 Å². The Kier molecular flexibility index (Phi) is 6.40. The molecule has 1 fully saturated rings. The number of carbonyl (C=O) groups excluding carboxylic acids is 3. The maximum Gasteiger partial charge on any atom is 0.342 e. The van der Waals surface area contributed by atoms with Gasteiger partial charge in [-0.3, -0.25) is 4.79 Å². The van der Waals surface area contributed by atoms with E-state index in [0.717, 1.165) is 11.1 Å². The molecule has 1 N–H and O–H groups in total. The van der Waals surface area contributed by atoms with Crippen LogP contribution in [0.2, 0.25) is 0 Å². The molecule has 3 rings (SSSR count). The average molecular weight is 432 g/mol. The topological polar surface area (TPSA) is 112 Å². The van der Waals surface area contributed by atoms with Crippen molar-refractivity contribution in [1.29, 1.82) is 0 Å². The second-order valence-corrected chi connectivity index (χ2v) is 8.36. The quantitative estimate of drug-likeness (QED) is 0.441. The van der Waals surface area contributed by atoms with Gasteiger partial charge in [0.15, 0.2) is 6.10 Å². The Morgan fingerprint density at radius 1 is 1.29 bits per heavy atom. The Labute approximate surface area is 180 Å². The minimum Gasteiger partial charge on any atom is -0.465 e. The normalized spacial score (nSPS) is 30.0. The summed E-state index contributed by atoms with van der Waals surface area (Å²) < 4.78 is 21.6. The Morgan fingerprint density at radius 3 is 2.61 bits per heavy atom. The van der Waals surface area contributed by atoms with Gasteiger partial charge in [-0.15, -0.1) is 0 Å². The molecule has 1 saturated heterocycles. The van der Waals surface area contributed by atoms with Gasteiger partial charge in [-0.1, -0.05) is 17.7 Å². The summed E-state index contributed by atoms with van der Waals surface area (Å²) in [6.07, 6.45) is 0.662. The van der Waals surface area contributed by atoms with E-state index >= 15 is 0 Å². The first kappa shape index (κ1) is 22.8. The van der Waals surface area contributed by atoms with Crippen molar-refractivity contribution in [2.24, 2.45) is 5.92 Å². The lowest BCUT2D eigenvalue weighted by atomic mass is 9.82. The van der Waals surface area contributed by atoms with Crippen molar-refractivity contribution in [3.8, 4) is 0 Å². The highest BCUT2D eigenvalue weighted by Crippen LogP contribution is 2.39. The molecular weight excluding hydrogens is 404 g/mol. The van der Waals surface area contributed by atoms with Crippen molar-refractivity contribution in [2.75, 3.05) is 7.11 Å². The number of carbonyl (C=O) groups is 3. The lowest BCUT2D eigenvalue weighted by Crippen LogP contribution is -2.48. The molecule has 2 aliphatic heterocycles. The smallest absolute Gasteiger partial charge is 0.342 e. The fourth-order valence-corrected chi connectivity index (χ4v) is 4.19. The summed E-state index contributed by atoms with van der Waals surface area (Å²) in [6, 6.07) is 1.62. The van der Waals surface area contributed by atoms with E-state index < -0.39 is 35.7 Å². The number of esters is 3.